The van der Waals surface area contributed by atoms with E-state index in [0.717, 1.165) is 27.9 Å². The van der Waals surface area contributed by atoms with E-state index >= 15 is 0 Å². The van der Waals surface area contributed by atoms with Crippen molar-refractivity contribution in [2.75, 3.05) is 14.2 Å². The Morgan fingerprint density at radius 2 is 2.24 bits per heavy atom. The van der Waals surface area contributed by atoms with E-state index in [1.54, 1.807) is 7.11 Å². The summed E-state index contributed by atoms with van der Waals surface area (Å²) >= 11 is 1.87. The lowest BCUT2D eigenvalue weighted by molar-refractivity contribution is 0.329. The number of hydrogen-bond donors (Lipinski definition) is 2. The van der Waals surface area contributed by atoms with Crippen molar-refractivity contribution < 1.29 is 4.74 Å². The number of methoxy groups -OCH3 is 1. The third-order valence-corrected chi connectivity index (χ3v) is 5.60. The molecule has 1 saturated carbocycles. The fourth-order valence-corrected chi connectivity index (χ4v) is 4.55. The normalized spacial score (nSPS) is 26.1. The standard InChI is InChI=1S/C16H23N3OS/c1-10-4-6-13(17-2)15(8-10)21-16-18-12-7-5-11(20-3)9-14(12)19-16/h5,7,9-10,13,15,17H,4,6,8H2,1-3H3,(H,18,19). The van der Waals surface area contributed by atoms with Crippen molar-refractivity contribution in [3.8, 4) is 5.75 Å². The van der Waals surface area contributed by atoms with Gasteiger partial charge >= 0.3 is 0 Å². The van der Waals surface area contributed by atoms with Crippen molar-refractivity contribution >= 4 is 22.8 Å². The van der Waals surface area contributed by atoms with Crippen LogP contribution in [-0.4, -0.2) is 35.4 Å². The lowest BCUT2D eigenvalue weighted by atomic mass is 9.87. The Balaban J connectivity index is 1.80. The second kappa shape index (κ2) is 6.28. The van der Waals surface area contributed by atoms with Crippen molar-refractivity contribution in [1.82, 2.24) is 15.3 Å². The van der Waals surface area contributed by atoms with Gasteiger partial charge in [-0.25, -0.2) is 4.98 Å². The van der Waals surface area contributed by atoms with Crippen LogP contribution in [0.25, 0.3) is 11.0 Å². The van der Waals surface area contributed by atoms with E-state index in [-0.39, 0.29) is 0 Å². The predicted octanol–water partition coefficient (Wildman–Crippen LogP) is 3.44. The van der Waals surface area contributed by atoms with Gasteiger partial charge in [-0.3, -0.25) is 0 Å². The zero-order valence-corrected chi connectivity index (χ0v) is 13.7. The highest BCUT2D eigenvalue weighted by molar-refractivity contribution is 7.99. The average Bonchev–Trinajstić information content (AvgIpc) is 2.88. The Morgan fingerprint density at radius 1 is 1.38 bits per heavy atom. The molecule has 3 unspecified atom stereocenters. The fourth-order valence-electron chi connectivity index (χ4n) is 3.08. The lowest BCUT2D eigenvalue weighted by Crippen LogP contribution is -2.40. The van der Waals surface area contributed by atoms with Crippen LogP contribution in [0.4, 0.5) is 0 Å². The summed E-state index contributed by atoms with van der Waals surface area (Å²) in [4.78, 5) is 8.12. The first-order chi connectivity index (χ1) is 10.2. The maximum Gasteiger partial charge on any atom is 0.166 e. The molecule has 0 aliphatic heterocycles. The molecule has 1 aliphatic rings. The number of nitrogens with zero attached hydrogens (tertiary/aromatic N) is 1. The number of hydrogen-bond acceptors (Lipinski definition) is 4. The molecule has 0 radical (unpaired) electrons. The van der Waals surface area contributed by atoms with Gasteiger partial charge in [-0.2, -0.15) is 0 Å². The summed E-state index contributed by atoms with van der Waals surface area (Å²) < 4.78 is 5.27. The maximum atomic E-state index is 5.27. The molecule has 4 nitrogen and oxygen atoms in total. The third kappa shape index (κ3) is 3.19. The number of thioether (sulfide) groups is 1. The highest BCUT2D eigenvalue weighted by Crippen LogP contribution is 2.36. The number of nitrogens with one attached hydrogen (secondary N) is 2. The topological polar surface area (TPSA) is 49.9 Å². The van der Waals surface area contributed by atoms with Crippen LogP contribution in [0.15, 0.2) is 23.4 Å². The highest BCUT2D eigenvalue weighted by Gasteiger charge is 2.29. The molecule has 1 fully saturated rings. The molecule has 3 atom stereocenters. The average molecular weight is 305 g/mol. The molecule has 1 aromatic carbocycles. The quantitative estimate of drug-likeness (QED) is 0.908. The Kier molecular flexibility index (Phi) is 4.40. The summed E-state index contributed by atoms with van der Waals surface area (Å²) in [5, 5.41) is 5.06. The van der Waals surface area contributed by atoms with Gasteiger partial charge in [0.05, 0.1) is 18.1 Å². The fraction of sp³-hybridized carbons (Fsp3) is 0.562. The molecule has 1 heterocycles. The molecule has 5 heteroatoms. The zero-order valence-electron chi connectivity index (χ0n) is 12.8. The molecule has 2 aromatic rings. The molecule has 2 N–H and O–H groups in total. The smallest absolute Gasteiger partial charge is 0.166 e. The summed E-state index contributed by atoms with van der Waals surface area (Å²) in [6, 6.07) is 6.55. The van der Waals surface area contributed by atoms with Crippen molar-refractivity contribution in [3.05, 3.63) is 18.2 Å². The maximum absolute atomic E-state index is 5.27. The van der Waals surface area contributed by atoms with Gasteiger partial charge in [-0.1, -0.05) is 18.7 Å². The molecular weight excluding hydrogens is 282 g/mol. The second-order valence-corrected chi connectivity index (χ2v) is 7.12. The van der Waals surface area contributed by atoms with Crippen molar-refractivity contribution in [3.63, 3.8) is 0 Å². The number of benzene rings is 1. The summed E-state index contributed by atoms with van der Waals surface area (Å²) in [5.74, 6) is 1.67. The Hall–Kier alpha value is -1.20. The zero-order chi connectivity index (χ0) is 14.8. The van der Waals surface area contributed by atoms with Crippen molar-refractivity contribution in [2.24, 2.45) is 5.92 Å². The SMILES string of the molecule is CNC1CCC(C)CC1Sc1nc2ccc(OC)cc2[nH]1. The van der Waals surface area contributed by atoms with Crippen LogP contribution >= 0.6 is 11.8 Å². The van der Waals surface area contributed by atoms with E-state index in [9.17, 15) is 0 Å². The number of aromatic amines is 1. The molecule has 21 heavy (non-hydrogen) atoms. The number of fused-ring (bicyclic) bond motifs is 1. The van der Waals surface area contributed by atoms with Crippen LogP contribution in [0, 0.1) is 5.92 Å². The van der Waals surface area contributed by atoms with Gasteiger partial charge in [0, 0.05) is 17.4 Å². The van der Waals surface area contributed by atoms with Crippen LogP contribution < -0.4 is 10.1 Å². The van der Waals surface area contributed by atoms with E-state index < -0.39 is 0 Å². The van der Waals surface area contributed by atoms with Crippen molar-refractivity contribution in [2.45, 2.75) is 42.6 Å². The highest BCUT2D eigenvalue weighted by atomic mass is 32.2. The van der Waals surface area contributed by atoms with Gasteiger partial charge < -0.3 is 15.0 Å². The van der Waals surface area contributed by atoms with E-state index in [2.05, 4.69) is 24.3 Å². The van der Waals surface area contributed by atoms with Crippen LogP contribution in [0.3, 0.4) is 0 Å². The minimum Gasteiger partial charge on any atom is -0.497 e. The minimum atomic E-state index is 0.578. The monoisotopic (exact) mass is 305 g/mol. The van der Waals surface area contributed by atoms with Gasteiger partial charge in [0.15, 0.2) is 5.16 Å². The lowest BCUT2D eigenvalue weighted by Gasteiger charge is -2.33. The van der Waals surface area contributed by atoms with Gasteiger partial charge in [0.2, 0.25) is 0 Å². The Morgan fingerprint density at radius 3 is 3.00 bits per heavy atom. The number of rotatable bonds is 4. The summed E-state index contributed by atoms with van der Waals surface area (Å²) in [6.45, 7) is 2.35. The van der Waals surface area contributed by atoms with Crippen LogP contribution in [0.5, 0.6) is 5.75 Å². The second-order valence-electron chi connectivity index (χ2n) is 5.89. The molecule has 0 saturated heterocycles. The molecule has 0 bridgehead atoms. The Labute approximate surface area is 130 Å². The molecule has 1 aromatic heterocycles. The van der Waals surface area contributed by atoms with Crippen LogP contribution in [0.2, 0.25) is 0 Å². The first-order valence-electron chi connectivity index (χ1n) is 7.57. The number of aromatic nitrogens is 2. The Bertz CT molecular complexity index is 613. The first-order valence-corrected chi connectivity index (χ1v) is 8.45. The van der Waals surface area contributed by atoms with Crippen molar-refractivity contribution in [1.29, 1.82) is 0 Å². The first kappa shape index (κ1) is 14.7. The molecule has 1 aliphatic carbocycles. The van der Waals surface area contributed by atoms with E-state index in [1.165, 1.54) is 19.3 Å². The largest absolute Gasteiger partial charge is 0.497 e. The predicted molar refractivity (Wildman–Crippen MR) is 88.2 cm³/mol. The van der Waals surface area contributed by atoms with E-state index in [4.69, 9.17) is 9.72 Å². The molecule has 114 valence electrons. The molecular formula is C16H23N3OS. The summed E-state index contributed by atoms with van der Waals surface area (Å²) in [7, 11) is 3.76. The number of imidazole rings is 1. The third-order valence-electron chi connectivity index (χ3n) is 4.36. The van der Waals surface area contributed by atoms with Gasteiger partial charge in [0.1, 0.15) is 5.75 Å². The summed E-state index contributed by atoms with van der Waals surface area (Å²) in [6.07, 6.45) is 3.82. The minimum absolute atomic E-state index is 0.578. The van der Waals surface area contributed by atoms with Gasteiger partial charge in [0.25, 0.3) is 0 Å². The number of H-pyrrole nitrogens is 1. The van der Waals surface area contributed by atoms with Crippen LogP contribution in [0.1, 0.15) is 26.2 Å². The summed E-state index contributed by atoms with van der Waals surface area (Å²) in [5.41, 5.74) is 2.05. The number of ether oxygens (including phenoxy) is 1. The van der Waals surface area contributed by atoms with Crippen LogP contribution in [-0.2, 0) is 0 Å². The van der Waals surface area contributed by atoms with E-state index in [0.29, 0.717) is 11.3 Å². The molecule has 3 rings (SSSR count). The molecule has 0 amide bonds. The molecule has 0 spiro atoms. The van der Waals surface area contributed by atoms with E-state index in [1.807, 2.05) is 30.0 Å². The van der Waals surface area contributed by atoms with Gasteiger partial charge in [-0.05, 0) is 44.4 Å². The van der Waals surface area contributed by atoms with Gasteiger partial charge in [-0.15, -0.1) is 0 Å².